The number of aryl methyl sites for hydroxylation is 1. The summed E-state index contributed by atoms with van der Waals surface area (Å²) >= 11 is 0. The summed E-state index contributed by atoms with van der Waals surface area (Å²) in [5, 5.41) is 3.81. The Morgan fingerprint density at radius 3 is 2.57 bits per heavy atom. The third-order valence-corrected chi connectivity index (χ3v) is 5.85. The third kappa shape index (κ3) is 3.49. The number of fused-ring (bicyclic) bond motifs is 1. The SMILES string of the molecule is Cl.Cn1c(=O)c2ccn(CC(=O)N3CCC(N4CCNCC4)C3)c2n(C)c1=O. The van der Waals surface area contributed by atoms with E-state index in [4.69, 9.17) is 0 Å². The number of nitrogens with zero attached hydrogens (tertiary/aromatic N) is 5. The van der Waals surface area contributed by atoms with Crippen molar-refractivity contribution in [1.29, 1.82) is 0 Å². The Labute approximate surface area is 168 Å². The number of aromatic nitrogens is 3. The van der Waals surface area contributed by atoms with Crippen LogP contribution in [0.1, 0.15) is 6.42 Å². The average Bonchev–Trinajstić information content (AvgIpc) is 3.33. The van der Waals surface area contributed by atoms with Gasteiger partial charge < -0.3 is 14.8 Å². The number of hydrogen-bond donors (Lipinski definition) is 1. The Hall–Kier alpha value is -2.10. The number of nitrogens with one attached hydrogen (secondary N) is 1. The summed E-state index contributed by atoms with van der Waals surface area (Å²) in [7, 11) is 3.09. The number of carbonyl (C=O) groups excluding carboxylic acids is 1. The van der Waals surface area contributed by atoms with Crippen molar-refractivity contribution in [3.8, 4) is 0 Å². The standard InChI is InChI=1S/C18H26N6O3.ClH/c1-20-16-14(17(26)21(2)18(20)27)4-8-24(16)12-15(25)23-7-3-13(11-23)22-9-5-19-6-10-22;/h4,8,13,19H,3,5-7,9-12H2,1-2H3;1H. The van der Waals surface area contributed by atoms with E-state index in [1.165, 1.54) is 11.6 Å². The monoisotopic (exact) mass is 410 g/mol. The fourth-order valence-corrected chi connectivity index (χ4v) is 4.27. The molecule has 2 aliphatic heterocycles. The summed E-state index contributed by atoms with van der Waals surface area (Å²) in [5.41, 5.74) is -0.228. The van der Waals surface area contributed by atoms with Crippen molar-refractivity contribution in [3.05, 3.63) is 33.1 Å². The van der Waals surface area contributed by atoms with Crippen LogP contribution in [0.25, 0.3) is 11.0 Å². The van der Waals surface area contributed by atoms with E-state index in [0.717, 1.165) is 50.3 Å². The minimum absolute atomic E-state index is 0. The molecular weight excluding hydrogens is 384 g/mol. The molecule has 0 bridgehead atoms. The summed E-state index contributed by atoms with van der Waals surface area (Å²) in [6, 6.07) is 2.10. The largest absolute Gasteiger partial charge is 0.340 e. The minimum atomic E-state index is -0.389. The molecule has 2 aromatic rings. The summed E-state index contributed by atoms with van der Waals surface area (Å²) in [5.74, 6) is 0.0262. The highest BCUT2D eigenvalue weighted by Gasteiger charge is 2.31. The summed E-state index contributed by atoms with van der Waals surface area (Å²) in [4.78, 5) is 41.7. The number of halogens is 1. The number of hydrogen-bond acceptors (Lipinski definition) is 5. The van der Waals surface area contributed by atoms with Crippen LogP contribution in [-0.2, 0) is 25.4 Å². The molecule has 2 fully saturated rings. The molecule has 0 spiro atoms. The Bertz CT molecular complexity index is 988. The smallest absolute Gasteiger partial charge is 0.332 e. The molecule has 0 saturated carbocycles. The van der Waals surface area contributed by atoms with E-state index in [1.807, 2.05) is 4.90 Å². The molecule has 0 aromatic carbocycles. The lowest BCUT2D eigenvalue weighted by atomic mass is 10.2. The van der Waals surface area contributed by atoms with E-state index in [0.29, 0.717) is 17.1 Å². The van der Waals surface area contributed by atoms with E-state index < -0.39 is 0 Å². The molecule has 1 N–H and O–H groups in total. The van der Waals surface area contributed by atoms with Crippen LogP contribution in [0.5, 0.6) is 0 Å². The van der Waals surface area contributed by atoms with E-state index >= 15 is 0 Å². The van der Waals surface area contributed by atoms with Crippen LogP contribution in [0.2, 0.25) is 0 Å². The number of amides is 1. The van der Waals surface area contributed by atoms with E-state index in [9.17, 15) is 14.4 Å². The van der Waals surface area contributed by atoms with E-state index in [2.05, 4.69) is 10.2 Å². The Balaban J connectivity index is 0.00000225. The topological polar surface area (TPSA) is 84.5 Å². The van der Waals surface area contributed by atoms with Gasteiger partial charge in [0.25, 0.3) is 5.56 Å². The first kappa shape index (κ1) is 20.6. The van der Waals surface area contributed by atoms with Gasteiger partial charge in [-0.2, -0.15) is 0 Å². The minimum Gasteiger partial charge on any atom is -0.340 e. The highest BCUT2D eigenvalue weighted by Crippen LogP contribution is 2.17. The predicted molar refractivity (Wildman–Crippen MR) is 109 cm³/mol. The highest BCUT2D eigenvalue weighted by molar-refractivity contribution is 5.85. The molecule has 0 radical (unpaired) electrons. The molecule has 4 heterocycles. The highest BCUT2D eigenvalue weighted by atomic mass is 35.5. The quantitative estimate of drug-likeness (QED) is 0.699. The molecule has 1 atom stereocenters. The van der Waals surface area contributed by atoms with E-state index in [1.54, 1.807) is 23.9 Å². The van der Waals surface area contributed by atoms with E-state index in [-0.39, 0.29) is 36.1 Å². The van der Waals surface area contributed by atoms with Crippen LogP contribution in [0, 0.1) is 0 Å². The maximum atomic E-state index is 12.8. The molecule has 9 nitrogen and oxygen atoms in total. The average molecular weight is 411 g/mol. The lowest BCUT2D eigenvalue weighted by molar-refractivity contribution is -0.130. The van der Waals surface area contributed by atoms with Crippen LogP contribution in [-0.4, -0.2) is 74.7 Å². The molecule has 154 valence electrons. The lowest BCUT2D eigenvalue weighted by Gasteiger charge is -2.32. The molecule has 10 heteroatoms. The first-order valence-corrected chi connectivity index (χ1v) is 9.45. The summed E-state index contributed by atoms with van der Waals surface area (Å²) in [6.07, 6.45) is 2.71. The van der Waals surface area contributed by atoms with Gasteiger partial charge in [-0.15, -0.1) is 12.4 Å². The molecule has 0 aliphatic carbocycles. The third-order valence-electron chi connectivity index (χ3n) is 5.85. The van der Waals surface area contributed by atoms with Gasteiger partial charge in [0.1, 0.15) is 12.2 Å². The maximum Gasteiger partial charge on any atom is 0.332 e. The van der Waals surface area contributed by atoms with Crippen molar-refractivity contribution < 1.29 is 4.79 Å². The van der Waals surface area contributed by atoms with Gasteiger partial charge in [-0.05, 0) is 12.5 Å². The number of carbonyl (C=O) groups is 1. The van der Waals surface area contributed by atoms with Crippen LogP contribution in [0.3, 0.4) is 0 Å². The fraction of sp³-hybridized carbons (Fsp3) is 0.611. The van der Waals surface area contributed by atoms with Crippen LogP contribution in [0.4, 0.5) is 0 Å². The molecular formula is C18H27ClN6O3. The molecule has 1 unspecified atom stereocenters. The van der Waals surface area contributed by atoms with Gasteiger partial charge in [0.2, 0.25) is 5.91 Å². The zero-order valence-corrected chi connectivity index (χ0v) is 17.1. The van der Waals surface area contributed by atoms with Crippen molar-refractivity contribution in [3.63, 3.8) is 0 Å². The molecule has 2 aromatic heterocycles. The number of piperazine rings is 1. The van der Waals surface area contributed by atoms with Gasteiger partial charge >= 0.3 is 5.69 Å². The Morgan fingerprint density at radius 1 is 1.14 bits per heavy atom. The molecule has 28 heavy (non-hydrogen) atoms. The van der Waals surface area contributed by atoms with Crippen LogP contribution >= 0.6 is 12.4 Å². The van der Waals surface area contributed by atoms with Crippen molar-refractivity contribution in [2.75, 3.05) is 39.3 Å². The predicted octanol–water partition coefficient (Wildman–Crippen LogP) is -1.03. The molecule has 1 amide bonds. The zero-order valence-electron chi connectivity index (χ0n) is 16.3. The van der Waals surface area contributed by atoms with Gasteiger partial charge in [0, 0.05) is 65.6 Å². The first-order chi connectivity index (χ1) is 13.0. The summed E-state index contributed by atoms with van der Waals surface area (Å²) < 4.78 is 4.23. The maximum absolute atomic E-state index is 12.8. The van der Waals surface area contributed by atoms with Crippen molar-refractivity contribution in [1.82, 2.24) is 28.8 Å². The lowest BCUT2D eigenvalue weighted by Crippen LogP contribution is -2.49. The zero-order chi connectivity index (χ0) is 19.1. The van der Waals surface area contributed by atoms with Crippen molar-refractivity contribution in [2.24, 2.45) is 14.1 Å². The van der Waals surface area contributed by atoms with Crippen molar-refractivity contribution in [2.45, 2.75) is 19.0 Å². The Kier molecular flexibility index (Phi) is 5.97. The van der Waals surface area contributed by atoms with Crippen molar-refractivity contribution >= 4 is 29.3 Å². The molecule has 2 aliphatic rings. The van der Waals surface area contributed by atoms with Gasteiger partial charge in [-0.1, -0.05) is 0 Å². The van der Waals surface area contributed by atoms with Gasteiger partial charge in [-0.3, -0.25) is 23.6 Å². The fourth-order valence-electron chi connectivity index (χ4n) is 4.27. The Morgan fingerprint density at radius 2 is 1.86 bits per heavy atom. The molecule has 4 rings (SSSR count). The van der Waals surface area contributed by atoms with Gasteiger partial charge in [-0.25, -0.2) is 4.79 Å². The van der Waals surface area contributed by atoms with Crippen LogP contribution in [0.15, 0.2) is 21.9 Å². The molecule has 2 saturated heterocycles. The van der Waals surface area contributed by atoms with Crippen LogP contribution < -0.4 is 16.6 Å². The number of likely N-dealkylation sites (tertiary alicyclic amines) is 1. The second-order valence-corrected chi connectivity index (χ2v) is 7.45. The summed E-state index contributed by atoms with van der Waals surface area (Å²) in [6.45, 7) is 5.70. The van der Waals surface area contributed by atoms with Gasteiger partial charge in [0.15, 0.2) is 0 Å². The first-order valence-electron chi connectivity index (χ1n) is 9.45. The normalized spacial score (nSPS) is 20.5. The number of rotatable bonds is 3. The second-order valence-electron chi connectivity index (χ2n) is 7.45. The van der Waals surface area contributed by atoms with Gasteiger partial charge in [0.05, 0.1) is 5.39 Å². The second kappa shape index (κ2) is 8.10.